The molecule has 3 unspecified atom stereocenters. The molecule has 0 spiro atoms. The zero-order chi connectivity index (χ0) is 25.0. The number of aliphatic carboxylic acids is 1. The lowest BCUT2D eigenvalue weighted by atomic mass is 9.77. The minimum Gasteiger partial charge on any atom is -0.481 e. The van der Waals surface area contributed by atoms with Crippen LogP contribution in [0.2, 0.25) is 0 Å². The summed E-state index contributed by atoms with van der Waals surface area (Å²) in [5, 5.41) is 20.0. The number of carbonyl (C=O) groups excluding carboxylic acids is 3. The van der Waals surface area contributed by atoms with Gasteiger partial charge in [-0.25, -0.2) is 0 Å². The number of esters is 1. The number of carboxylic acid groups (broad SMARTS) is 1. The lowest BCUT2D eigenvalue weighted by molar-refractivity contribution is -0.157. The maximum absolute atomic E-state index is 13.7. The quantitative estimate of drug-likeness (QED) is 0.490. The fraction of sp³-hybridized carbons (Fsp3) is 0.846. The normalized spacial score (nSPS) is 37.1. The number of fused-ring (bicyclic) bond motifs is 1. The van der Waals surface area contributed by atoms with Crippen molar-refractivity contribution in [3.05, 3.63) is 0 Å². The molecule has 0 radical (unpaired) electrons. The van der Waals surface area contributed by atoms with Crippen LogP contribution < -0.4 is 0 Å². The number of ether oxygens (including phenoxy) is 1. The molecule has 1 saturated heterocycles. The van der Waals surface area contributed by atoms with E-state index < -0.39 is 40.8 Å². The van der Waals surface area contributed by atoms with Gasteiger partial charge in [-0.1, -0.05) is 34.1 Å². The van der Waals surface area contributed by atoms with Crippen LogP contribution in [0.3, 0.4) is 0 Å². The molecule has 8 nitrogen and oxygen atoms in total. The summed E-state index contributed by atoms with van der Waals surface area (Å²) in [6.45, 7) is 7.57. The summed E-state index contributed by atoms with van der Waals surface area (Å²) in [6, 6.07) is -0.861. The van der Waals surface area contributed by atoms with Crippen LogP contribution in [0.15, 0.2) is 0 Å². The maximum Gasteiger partial charge on any atom is 0.310 e. The Labute approximate surface area is 201 Å². The largest absolute Gasteiger partial charge is 0.481 e. The van der Waals surface area contributed by atoms with E-state index in [1.807, 2.05) is 27.7 Å². The Bertz CT molecular complexity index is 854. The van der Waals surface area contributed by atoms with Gasteiger partial charge < -0.3 is 19.8 Å². The fourth-order valence-corrected chi connectivity index (χ4v) is 6.38. The predicted octanol–water partition coefficient (Wildman–Crippen LogP) is 2.80. The fourth-order valence-electron chi connectivity index (χ4n) is 6.38. The Balaban J connectivity index is 1.44. The zero-order valence-corrected chi connectivity index (χ0v) is 20.8. The molecule has 3 saturated carbocycles. The molecule has 0 aromatic carbocycles. The molecule has 1 amide bonds. The standard InChI is InChI=1S/C26H39NO7/c1-5-16-11-26(16,24(32)33)12-21(29)20-9-17(28)13-27(20)23(31)19(25(2,3)4)10-22(30)34-18-7-14-6-15(14)8-18/h14-20,28H,5-13H2,1-4H3,(H,32,33)/t14-,15?,16-,17?,18?,19-,20+,26-/m1/s1. The number of hydrogen-bond donors (Lipinski definition) is 2. The second kappa shape index (κ2) is 8.92. The number of ketones is 1. The third-order valence-electron chi connectivity index (χ3n) is 8.79. The number of hydrogen-bond acceptors (Lipinski definition) is 6. The molecule has 1 heterocycles. The maximum atomic E-state index is 13.7. The van der Waals surface area contributed by atoms with Crippen molar-refractivity contribution in [2.24, 2.45) is 34.5 Å². The molecule has 1 aliphatic heterocycles. The molecule has 4 aliphatic rings. The molecule has 34 heavy (non-hydrogen) atoms. The van der Waals surface area contributed by atoms with E-state index in [-0.39, 0.29) is 49.5 Å². The summed E-state index contributed by atoms with van der Waals surface area (Å²) in [4.78, 5) is 52.9. The highest BCUT2D eigenvalue weighted by molar-refractivity contribution is 5.95. The highest BCUT2D eigenvalue weighted by atomic mass is 16.5. The number of likely N-dealkylation sites (tertiary alicyclic amines) is 1. The van der Waals surface area contributed by atoms with Crippen molar-refractivity contribution < 1.29 is 34.1 Å². The van der Waals surface area contributed by atoms with Crippen LogP contribution in [0.5, 0.6) is 0 Å². The monoisotopic (exact) mass is 477 g/mol. The zero-order valence-electron chi connectivity index (χ0n) is 20.8. The van der Waals surface area contributed by atoms with Crippen molar-refractivity contribution in [1.29, 1.82) is 0 Å². The van der Waals surface area contributed by atoms with Crippen molar-refractivity contribution in [1.82, 2.24) is 4.90 Å². The molecule has 190 valence electrons. The topological polar surface area (TPSA) is 121 Å². The number of aliphatic hydroxyl groups excluding tert-OH is 1. The van der Waals surface area contributed by atoms with Crippen LogP contribution in [0.25, 0.3) is 0 Å². The molecule has 4 rings (SSSR count). The molecular weight excluding hydrogens is 438 g/mol. The summed E-state index contributed by atoms with van der Waals surface area (Å²) in [7, 11) is 0. The number of amides is 1. The molecule has 0 aromatic rings. The van der Waals surface area contributed by atoms with Gasteiger partial charge in [0.25, 0.3) is 0 Å². The van der Waals surface area contributed by atoms with Crippen molar-refractivity contribution >= 4 is 23.6 Å². The first-order valence-electron chi connectivity index (χ1n) is 12.8. The van der Waals surface area contributed by atoms with E-state index in [1.165, 1.54) is 11.3 Å². The Morgan fingerprint density at radius 2 is 1.74 bits per heavy atom. The molecule has 8 heteroatoms. The van der Waals surface area contributed by atoms with Gasteiger partial charge in [-0.15, -0.1) is 0 Å². The number of Topliss-reactive ketones (excluding diaryl/α,β-unsaturated/α-hetero) is 1. The molecule has 8 atom stereocenters. The van der Waals surface area contributed by atoms with Gasteiger partial charge in [-0.3, -0.25) is 19.2 Å². The van der Waals surface area contributed by atoms with Gasteiger partial charge in [0, 0.05) is 19.4 Å². The number of rotatable bonds is 9. The Morgan fingerprint density at radius 3 is 2.26 bits per heavy atom. The molecule has 0 aromatic heterocycles. The van der Waals surface area contributed by atoms with Crippen molar-refractivity contribution in [3.63, 3.8) is 0 Å². The highest BCUT2D eigenvalue weighted by Crippen LogP contribution is 2.57. The summed E-state index contributed by atoms with van der Waals surface area (Å²) < 4.78 is 5.68. The average Bonchev–Trinajstić information content (AvgIpc) is 3.56. The molecule has 3 aliphatic carbocycles. The van der Waals surface area contributed by atoms with Gasteiger partial charge >= 0.3 is 11.9 Å². The lowest BCUT2D eigenvalue weighted by Crippen LogP contribution is -2.48. The van der Waals surface area contributed by atoms with Crippen molar-refractivity contribution in [2.45, 2.75) is 97.3 Å². The van der Waals surface area contributed by atoms with Gasteiger partial charge in [-0.05, 0) is 48.9 Å². The molecular formula is C26H39NO7. The minimum absolute atomic E-state index is 0.0140. The second-order valence-electron chi connectivity index (χ2n) is 12.3. The SMILES string of the molecule is CC[C@@H]1C[C@]1(CC(=O)[C@@H]1CC(O)CN1C(=O)[C@@H](CC(=O)OC1CC2C[C@@H]2C1)C(C)(C)C)C(=O)O. The first-order valence-corrected chi connectivity index (χ1v) is 12.8. The smallest absolute Gasteiger partial charge is 0.310 e. The first kappa shape index (κ1) is 25.1. The van der Waals surface area contributed by atoms with Crippen LogP contribution >= 0.6 is 0 Å². The number of nitrogens with zero attached hydrogens (tertiary/aromatic N) is 1. The van der Waals surface area contributed by atoms with Crippen LogP contribution in [0.1, 0.15) is 79.1 Å². The third-order valence-corrected chi connectivity index (χ3v) is 8.79. The predicted molar refractivity (Wildman–Crippen MR) is 122 cm³/mol. The van der Waals surface area contributed by atoms with Crippen LogP contribution in [0, 0.1) is 34.5 Å². The summed E-state index contributed by atoms with van der Waals surface area (Å²) >= 11 is 0. The van der Waals surface area contributed by atoms with E-state index in [0.717, 1.165) is 12.8 Å². The second-order valence-corrected chi connectivity index (χ2v) is 12.3. The van der Waals surface area contributed by atoms with E-state index in [1.54, 1.807) is 0 Å². The highest BCUT2D eigenvalue weighted by Gasteiger charge is 2.61. The van der Waals surface area contributed by atoms with Gasteiger partial charge in [0.15, 0.2) is 5.78 Å². The van der Waals surface area contributed by atoms with Crippen molar-refractivity contribution in [3.8, 4) is 0 Å². The van der Waals surface area contributed by atoms with Crippen LogP contribution in [-0.4, -0.2) is 63.5 Å². The summed E-state index contributed by atoms with van der Waals surface area (Å²) in [5.41, 5.74) is -1.61. The minimum atomic E-state index is -1.05. The average molecular weight is 478 g/mol. The van der Waals surface area contributed by atoms with Gasteiger partial charge in [0.1, 0.15) is 6.10 Å². The Kier molecular flexibility index (Phi) is 6.60. The van der Waals surface area contributed by atoms with Crippen molar-refractivity contribution in [2.75, 3.05) is 6.54 Å². The number of aliphatic hydroxyl groups is 1. The van der Waals surface area contributed by atoms with Crippen LogP contribution in [0.4, 0.5) is 0 Å². The van der Waals surface area contributed by atoms with Gasteiger partial charge in [0.2, 0.25) is 5.91 Å². The molecule has 4 fully saturated rings. The summed E-state index contributed by atoms with van der Waals surface area (Å²) in [5.74, 6) is -1.39. The van der Waals surface area contributed by atoms with E-state index >= 15 is 0 Å². The number of β-amino-alcohol motifs (C(OH)–C–C–N with tert-alkyl or cyclic N) is 1. The number of carbonyl (C=O) groups is 4. The van der Waals surface area contributed by atoms with E-state index in [9.17, 15) is 29.4 Å². The van der Waals surface area contributed by atoms with E-state index in [4.69, 9.17) is 4.74 Å². The van der Waals surface area contributed by atoms with Crippen LogP contribution in [-0.2, 0) is 23.9 Å². The molecule has 0 bridgehead atoms. The number of carboxylic acids is 1. The van der Waals surface area contributed by atoms with E-state index in [0.29, 0.717) is 24.7 Å². The first-order chi connectivity index (χ1) is 15.9. The Hall–Kier alpha value is -1.96. The van der Waals surface area contributed by atoms with Gasteiger partial charge in [0.05, 0.1) is 29.9 Å². The third kappa shape index (κ3) is 4.88. The lowest BCUT2D eigenvalue weighted by Gasteiger charge is -2.35. The molecule has 2 N–H and O–H groups in total. The van der Waals surface area contributed by atoms with E-state index in [2.05, 4.69) is 0 Å². The Morgan fingerprint density at radius 1 is 1.09 bits per heavy atom. The summed E-state index contributed by atoms with van der Waals surface area (Å²) in [6.07, 6.45) is 3.18. The van der Waals surface area contributed by atoms with Gasteiger partial charge in [-0.2, -0.15) is 0 Å².